The van der Waals surface area contributed by atoms with Gasteiger partial charge in [-0.1, -0.05) is 12.1 Å². The van der Waals surface area contributed by atoms with E-state index in [9.17, 15) is 24.8 Å². The summed E-state index contributed by atoms with van der Waals surface area (Å²) in [5.41, 5.74) is 1.34. The first kappa shape index (κ1) is 17.9. The molecule has 2 rings (SSSR count). The molecule has 0 aliphatic rings. The fraction of sp³-hybridized carbons (Fsp3) is 0.176. The molecule has 0 aliphatic carbocycles. The number of hydrogen-bond acceptors (Lipinski definition) is 5. The molecule has 0 aliphatic heterocycles. The lowest BCUT2D eigenvalue weighted by Crippen LogP contribution is -2.23. The van der Waals surface area contributed by atoms with Crippen LogP contribution in [0.4, 0.5) is 5.69 Å². The molecule has 8 nitrogen and oxygen atoms in total. The van der Waals surface area contributed by atoms with E-state index in [2.05, 4.69) is 10.6 Å². The fourth-order valence-corrected chi connectivity index (χ4v) is 2.11. The number of nitro benzene ring substituents is 1. The van der Waals surface area contributed by atoms with Gasteiger partial charge < -0.3 is 15.7 Å². The number of amides is 2. The normalized spacial score (nSPS) is 10.1. The summed E-state index contributed by atoms with van der Waals surface area (Å²) < 4.78 is 0. The van der Waals surface area contributed by atoms with Gasteiger partial charge in [0, 0.05) is 43.3 Å². The first-order valence-electron chi connectivity index (χ1n) is 7.44. The van der Waals surface area contributed by atoms with Crippen LogP contribution in [0.15, 0.2) is 42.5 Å². The first-order valence-corrected chi connectivity index (χ1v) is 7.44. The molecule has 8 heteroatoms. The van der Waals surface area contributed by atoms with E-state index in [-0.39, 0.29) is 35.4 Å². The number of phenols is 1. The van der Waals surface area contributed by atoms with Gasteiger partial charge in [-0.15, -0.1) is 0 Å². The van der Waals surface area contributed by atoms with Crippen molar-refractivity contribution in [1.82, 2.24) is 10.6 Å². The topological polar surface area (TPSA) is 122 Å². The zero-order chi connectivity index (χ0) is 18.4. The monoisotopic (exact) mass is 343 g/mol. The van der Waals surface area contributed by atoms with Crippen molar-refractivity contribution in [3.8, 4) is 5.75 Å². The van der Waals surface area contributed by atoms with Gasteiger partial charge in [-0.3, -0.25) is 19.7 Å². The molecule has 0 heterocycles. The van der Waals surface area contributed by atoms with Gasteiger partial charge in [-0.25, -0.2) is 0 Å². The largest absolute Gasteiger partial charge is 0.508 e. The highest BCUT2D eigenvalue weighted by Crippen LogP contribution is 2.22. The molecule has 2 amide bonds. The molecular formula is C17H17N3O5. The SMILES string of the molecule is CC(=O)NCc1ccc(C(=O)NCc2cc([N+](=O)[O-])ccc2O)cc1. The predicted octanol–water partition coefficient (Wildman–Crippen LogP) is 1.87. The number of carbonyl (C=O) groups is 2. The van der Waals surface area contributed by atoms with Crippen molar-refractivity contribution in [2.24, 2.45) is 0 Å². The molecule has 0 unspecified atom stereocenters. The Balaban J connectivity index is 1.99. The quantitative estimate of drug-likeness (QED) is 0.546. The van der Waals surface area contributed by atoms with Crippen molar-refractivity contribution < 1.29 is 19.6 Å². The van der Waals surface area contributed by atoms with Crippen molar-refractivity contribution in [2.75, 3.05) is 0 Å². The number of carbonyl (C=O) groups excluding carboxylic acids is 2. The van der Waals surface area contributed by atoms with Crippen LogP contribution < -0.4 is 10.6 Å². The molecule has 0 radical (unpaired) electrons. The molecule has 0 atom stereocenters. The molecule has 0 saturated carbocycles. The van der Waals surface area contributed by atoms with E-state index in [0.29, 0.717) is 12.1 Å². The highest BCUT2D eigenvalue weighted by atomic mass is 16.6. The zero-order valence-corrected chi connectivity index (χ0v) is 13.5. The summed E-state index contributed by atoms with van der Waals surface area (Å²) in [6.45, 7) is 1.75. The minimum absolute atomic E-state index is 0.0417. The van der Waals surface area contributed by atoms with E-state index in [0.717, 1.165) is 5.56 Å². The lowest BCUT2D eigenvalue weighted by molar-refractivity contribution is -0.384. The van der Waals surface area contributed by atoms with Crippen LogP contribution in [0, 0.1) is 10.1 Å². The highest BCUT2D eigenvalue weighted by molar-refractivity contribution is 5.94. The molecule has 2 aromatic rings. The second kappa shape index (κ2) is 7.91. The Hall–Kier alpha value is -3.42. The van der Waals surface area contributed by atoms with Crippen molar-refractivity contribution in [2.45, 2.75) is 20.0 Å². The lowest BCUT2D eigenvalue weighted by atomic mass is 10.1. The number of nitrogens with zero attached hydrogens (tertiary/aromatic N) is 1. The van der Waals surface area contributed by atoms with Crippen LogP contribution in [-0.4, -0.2) is 21.8 Å². The third-order valence-electron chi connectivity index (χ3n) is 3.47. The molecule has 130 valence electrons. The standard InChI is InChI=1S/C17H17N3O5/c1-11(21)18-9-12-2-4-13(5-3-12)17(23)19-10-14-8-15(20(24)25)6-7-16(14)22/h2-8,22H,9-10H2,1H3,(H,18,21)(H,19,23). The second-order valence-electron chi connectivity index (χ2n) is 5.36. The molecule has 0 saturated heterocycles. The maximum atomic E-state index is 12.1. The number of aromatic hydroxyl groups is 1. The average molecular weight is 343 g/mol. The van der Waals surface area contributed by atoms with E-state index < -0.39 is 4.92 Å². The Bertz CT molecular complexity index is 802. The summed E-state index contributed by atoms with van der Waals surface area (Å²) in [5.74, 6) is -0.646. The third kappa shape index (κ3) is 5.03. The first-order chi connectivity index (χ1) is 11.9. The van der Waals surface area contributed by atoms with E-state index in [1.165, 1.54) is 25.1 Å². The maximum Gasteiger partial charge on any atom is 0.270 e. The molecule has 0 fully saturated rings. The Morgan fingerprint density at radius 1 is 1.08 bits per heavy atom. The van der Waals surface area contributed by atoms with Gasteiger partial charge in [-0.2, -0.15) is 0 Å². The van der Waals surface area contributed by atoms with E-state index in [1.807, 2.05) is 0 Å². The van der Waals surface area contributed by atoms with Crippen molar-refractivity contribution in [3.63, 3.8) is 0 Å². The Morgan fingerprint density at radius 3 is 2.36 bits per heavy atom. The lowest BCUT2D eigenvalue weighted by Gasteiger charge is -2.08. The van der Waals surface area contributed by atoms with Gasteiger partial charge in [0.25, 0.3) is 11.6 Å². The molecule has 0 bridgehead atoms. The highest BCUT2D eigenvalue weighted by Gasteiger charge is 2.12. The molecule has 25 heavy (non-hydrogen) atoms. The molecule has 0 spiro atoms. The summed E-state index contributed by atoms with van der Waals surface area (Å²) >= 11 is 0. The number of hydrogen-bond donors (Lipinski definition) is 3. The molecule has 3 N–H and O–H groups in total. The number of nitrogens with one attached hydrogen (secondary N) is 2. The summed E-state index contributed by atoms with van der Waals surface area (Å²) in [5, 5.41) is 25.7. The van der Waals surface area contributed by atoms with Crippen LogP contribution >= 0.6 is 0 Å². The number of benzene rings is 2. The Kier molecular flexibility index (Phi) is 5.67. The summed E-state index contributed by atoms with van der Waals surface area (Å²) in [7, 11) is 0. The number of rotatable bonds is 6. The van der Waals surface area contributed by atoms with Gasteiger partial charge in [0.2, 0.25) is 5.91 Å². The zero-order valence-electron chi connectivity index (χ0n) is 13.5. The van der Waals surface area contributed by atoms with E-state index in [4.69, 9.17) is 0 Å². The van der Waals surface area contributed by atoms with Crippen LogP contribution in [0.3, 0.4) is 0 Å². The van der Waals surface area contributed by atoms with Crippen LogP contribution in [0.5, 0.6) is 5.75 Å². The minimum atomic E-state index is -0.571. The summed E-state index contributed by atoms with van der Waals surface area (Å²) in [6, 6.07) is 10.3. The Labute approximate surface area is 143 Å². The van der Waals surface area contributed by atoms with Crippen LogP contribution in [0.25, 0.3) is 0 Å². The van der Waals surface area contributed by atoms with E-state index in [1.54, 1.807) is 24.3 Å². The van der Waals surface area contributed by atoms with E-state index >= 15 is 0 Å². The Morgan fingerprint density at radius 2 is 1.76 bits per heavy atom. The van der Waals surface area contributed by atoms with Crippen LogP contribution in [0.2, 0.25) is 0 Å². The number of phenolic OH excluding ortho intramolecular Hbond substituents is 1. The van der Waals surface area contributed by atoms with Gasteiger partial charge in [0.1, 0.15) is 5.75 Å². The van der Waals surface area contributed by atoms with Gasteiger partial charge in [-0.05, 0) is 23.8 Å². The third-order valence-corrected chi connectivity index (χ3v) is 3.47. The van der Waals surface area contributed by atoms with Gasteiger partial charge in [0.05, 0.1) is 4.92 Å². The van der Waals surface area contributed by atoms with Crippen LogP contribution in [0.1, 0.15) is 28.4 Å². The van der Waals surface area contributed by atoms with Crippen LogP contribution in [-0.2, 0) is 17.9 Å². The van der Waals surface area contributed by atoms with Gasteiger partial charge in [0.15, 0.2) is 0 Å². The fourth-order valence-electron chi connectivity index (χ4n) is 2.11. The average Bonchev–Trinajstić information content (AvgIpc) is 2.59. The van der Waals surface area contributed by atoms with Crippen molar-refractivity contribution in [1.29, 1.82) is 0 Å². The number of nitro groups is 1. The van der Waals surface area contributed by atoms with Gasteiger partial charge >= 0.3 is 0 Å². The number of non-ortho nitro benzene ring substituents is 1. The maximum absolute atomic E-state index is 12.1. The summed E-state index contributed by atoms with van der Waals surface area (Å²) in [4.78, 5) is 33.2. The summed E-state index contributed by atoms with van der Waals surface area (Å²) in [6.07, 6.45) is 0. The second-order valence-corrected chi connectivity index (χ2v) is 5.36. The molecule has 2 aromatic carbocycles. The molecule has 0 aromatic heterocycles. The van der Waals surface area contributed by atoms with Crippen molar-refractivity contribution in [3.05, 3.63) is 69.3 Å². The smallest absolute Gasteiger partial charge is 0.270 e. The van der Waals surface area contributed by atoms with Crippen molar-refractivity contribution >= 4 is 17.5 Å². The molecular weight excluding hydrogens is 326 g/mol. The minimum Gasteiger partial charge on any atom is -0.508 e. The predicted molar refractivity (Wildman–Crippen MR) is 89.9 cm³/mol.